The van der Waals surface area contributed by atoms with Crippen LogP contribution < -0.4 is 0 Å². The lowest BCUT2D eigenvalue weighted by Gasteiger charge is -2.33. The maximum atomic E-state index is 12.8. The minimum atomic E-state index is -0.888. The lowest BCUT2D eigenvalue weighted by molar-refractivity contribution is 0.0214. The zero-order valence-corrected chi connectivity index (χ0v) is 16.6. The van der Waals surface area contributed by atoms with Crippen molar-refractivity contribution in [3.05, 3.63) is 64.7 Å². The molecule has 3 aromatic carbocycles. The van der Waals surface area contributed by atoms with Gasteiger partial charge in [0.1, 0.15) is 11.9 Å². The summed E-state index contributed by atoms with van der Waals surface area (Å²) in [6.07, 6.45) is -0.424. The van der Waals surface area contributed by atoms with E-state index in [9.17, 15) is 40.5 Å². The second-order valence-corrected chi connectivity index (χ2v) is 7.64. The molecule has 0 bridgehead atoms. The van der Waals surface area contributed by atoms with Crippen molar-refractivity contribution in [2.45, 2.75) is 24.9 Å². The van der Waals surface area contributed by atoms with Gasteiger partial charge in [-0.1, -0.05) is 12.1 Å². The highest BCUT2D eigenvalue weighted by molar-refractivity contribution is 5.91. The van der Waals surface area contributed by atoms with Crippen molar-refractivity contribution in [3.63, 3.8) is 0 Å². The number of rotatable bonds is 3. The molecular weight excluding hydrogens is 420 g/mol. The van der Waals surface area contributed by atoms with Gasteiger partial charge in [-0.3, -0.25) is 0 Å². The lowest BCUT2D eigenvalue weighted by Crippen LogP contribution is -2.33. The van der Waals surface area contributed by atoms with E-state index in [0.717, 1.165) is 17.7 Å². The van der Waals surface area contributed by atoms with Crippen LogP contribution in [0.2, 0.25) is 0 Å². The minimum absolute atomic E-state index is 0.0536. The van der Waals surface area contributed by atoms with Crippen LogP contribution >= 0.6 is 0 Å². The molecule has 32 heavy (non-hydrogen) atoms. The number of hydrogen-bond acceptors (Lipinski definition) is 9. The fraction of sp³-hybridized carbons (Fsp3) is 0.174. The summed E-state index contributed by atoms with van der Waals surface area (Å²) in [6, 6.07) is 9.33. The van der Waals surface area contributed by atoms with Gasteiger partial charge < -0.3 is 40.5 Å². The second kappa shape index (κ2) is 7.77. The van der Waals surface area contributed by atoms with Gasteiger partial charge in [-0.15, -0.1) is 0 Å². The molecule has 1 aliphatic rings. The zero-order chi connectivity index (χ0) is 23.2. The molecule has 0 radical (unpaired) electrons. The van der Waals surface area contributed by atoms with Crippen LogP contribution in [0.4, 0.5) is 0 Å². The number of ether oxygens (including phenoxy) is 1. The van der Waals surface area contributed by atoms with Gasteiger partial charge in [0.15, 0.2) is 34.5 Å². The quantitative estimate of drug-likeness (QED) is 0.239. The molecule has 0 aliphatic heterocycles. The predicted molar refractivity (Wildman–Crippen MR) is 110 cm³/mol. The third-order valence-electron chi connectivity index (χ3n) is 5.63. The Bertz CT molecular complexity index is 1170. The van der Waals surface area contributed by atoms with Crippen LogP contribution in [0.1, 0.15) is 33.0 Å². The van der Waals surface area contributed by atoms with E-state index in [-0.39, 0.29) is 24.2 Å². The number of carbonyl (C=O) groups excluding carboxylic acids is 1. The molecule has 166 valence electrons. The third-order valence-corrected chi connectivity index (χ3v) is 5.63. The van der Waals surface area contributed by atoms with Crippen LogP contribution in [0.5, 0.6) is 40.2 Å². The maximum Gasteiger partial charge on any atom is 0.338 e. The van der Waals surface area contributed by atoms with Gasteiger partial charge in [0, 0.05) is 12.3 Å². The van der Waals surface area contributed by atoms with E-state index >= 15 is 0 Å². The third kappa shape index (κ3) is 3.64. The van der Waals surface area contributed by atoms with Gasteiger partial charge >= 0.3 is 5.97 Å². The summed E-state index contributed by atoms with van der Waals surface area (Å²) in [5.41, 5.74) is 1.52. The number of fused-ring (bicyclic) bond motifs is 1. The van der Waals surface area contributed by atoms with Gasteiger partial charge in [0.05, 0.1) is 5.56 Å². The Kier molecular flexibility index (Phi) is 5.09. The highest BCUT2D eigenvalue weighted by Gasteiger charge is 2.35. The van der Waals surface area contributed by atoms with Gasteiger partial charge in [-0.25, -0.2) is 4.79 Å². The molecule has 0 fully saturated rings. The monoisotopic (exact) mass is 440 g/mol. The first-order chi connectivity index (χ1) is 15.2. The van der Waals surface area contributed by atoms with Crippen LogP contribution in [-0.4, -0.2) is 47.8 Å². The fourth-order valence-corrected chi connectivity index (χ4v) is 3.98. The summed E-state index contributed by atoms with van der Waals surface area (Å²) >= 11 is 0. The van der Waals surface area contributed by atoms with Gasteiger partial charge in [-0.05, 0) is 53.4 Å². The largest absolute Gasteiger partial charge is 0.508 e. The molecule has 1 unspecified atom stereocenters. The molecule has 0 spiro atoms. The molecule has 4 rings (SSSR count). The van der Waals surface area contributed by atoms with Gasteiger partial charge in [0.25, 0.3) is 0 Å². The van der Waals surface area contributed by atoms with Crippen molar-refractivity contribution in [2.75, 3.05) is 0 Å². The molecule has 2 atom stereocenters. The van der Waals surface area contributed by atoms with E-state index in [1.54, 1.807) is 12.1 Å². The van der Waals surface area contributed by atoms with Crippen molar-refractivity contribution in [1.29, 1.82) is 0 Å². The standard InChI is InChI=1S/C23H20O9/c24-15-3-1-2-10-8-20(32-23(31)12-6-18(27)22(30)19(28)7-12)14(9-13(10)15)11-4-16(25)21(29)17(26)5-11/h1-7,14,20,24-30H,8-9H2/t14-,20?/m0/s1. The van der Waals surface area contributed by atoms with Crippen LogP contribution in [0.15, 0.2) is 42.5 Å². The van der Waals surface area contributed by atoms with Gasteiger partial charge in [0.2, 0.25) is 0 Å². The Labute approximate surface area is 181 Å². The number of benzene rings is 3. The molecule has 0 saturated heterocycles. The summed E-state index contributed by atoms with van der Waals surface area (Å²) < 4.78 is 5.65. The molecule has 0 amide bonds. The summed E-state index contributed by atoms with van der Waals surface area (Å²) in [5, 5.41) is 68.7. The predicted octanol–water partition coefficient (Wildman–Crippen LogP) is 2.73. The molecular formula is C23H20O9. The van der Waals surface area contributed by atoms with E-state index in [4.69, 9.17) is 4.74 Å². The second-order valence-electron chi connectivity index (χ2n) is 7.64. The summed E-state index contributed by atoms with van der Waals surface area (Å²) in [4.78, 5) is 12.8. The van der Waals surface area contributed by atoms with Crippen molar-refractivity contribution in [2.24, 2.45) is 0 Å². The summed E-state index contributed by atoms with van der Waals surface area (Å²) in [7, 11) is 0. The number of aromatic hydroxyl groups is 7. The molecule has 0 saturated carbocycles. The Hall–Kier alpha value is -4.27. The number of esters is 1. The first-order valence-corrected chi connectivity index (χ1v) is 9.66. The maximum absolute atomic E-state index is 12.8. The number of phenols is 7. The summed E-state index contributed by atoms with van der Waals surface area (Å²) in [6.45, 7) is 0. The number of phenolic OH excluding ortho intramolecular Hbond substituents is 7. The zero-order valence-electron chi connectivity index (χ0n) is 16.6. The first kappa shape index (κ1) is 21.0. The molecule has 9 nitrogen and oxygen atoms in total. The smallest absolute Gasteiger partial charge is 0.338 e. The Morgan fingerprint density at radius 1 is 0.750 bits per heavy atom. The highest BCUT2D eigenvalue weighted by atomic mass is 16.5. The van der Waals surface area contributed by atoms with E-state index in [1.807, 2.05) is 0 Å². The molecule has 9 heteroatoms. The van der Waals surface area contributed by atoms with E-state index < -0.39 is 52.5 Å². The lowest BCUT2D eigenvalue weighted by atomic mass is 9.77. The van der Waals surface area contributed by atoms with E-state index in [0.29, 0.717) is 11.1 Å². The van der Waals surface area contributed by atoms with Crippen LogP contribution in [0, 0.1) is 0 Å². The fourth-order valence-electron chi connectivity index (χ4n) is 3.98. The van der Waals surface area contributed by atoms with Crippen LogP contribution in [0.25, 0.3) is 0 Å². The SMILES string of the molecule is O=C(OC1Cc2cccc(O)c2C[C@H]1c1cc(O)c(O)c(O)c1)c1cc(O)c(O)c(O)c1. The Balaban J connectivity index is 1.73. The first-order valence-electron chi connectivity index (χ1n) is 9.66. The van der Waals surface area contributed by atoms with Crippen molar-refractivity contribution in [1.82, 2.24) is 0 Å². The number of carbonyl (C=O) groups is 1. The van der Waals surface area contributed by atoms with E-state index in [1.165, 1.54) is 18.2 Å². The van der Waals surface area contributed by atoms with Crippen molar-refractivity contribution < 1.29 is 45.3 Å². The molecule has 1 aliphatic carbocycles. The van der Waals surface area contributed by atoms with Crippen molar-refractivity contribution >= 4 is 5.97 Å². The van der Waals surface area contributed by atoms with Crippen molar-refractivity contribution in [3.8, 4) is 40.2 Å². The highest BCUT2D eigenvalue weighted by Crippen LogP contribution is 2.44. The summed E-state index contributed by atoms with van der Waals surface area (Å²) in [5.74, 6) is -5.40. The number of hydrogen-bond donors (Lipinski definition) is 7. The Morgan fingerprint density at radius 2 is 1.31 bits per heavy atom. The average Bonchev–Trinajstić information content (AvgIpc) is 2.75. The van der Waals surface area contributed by atoms with Gasteiger partial charge in [-0.2, -0.15) is 0 Å². The van der Waals surface area contributed by atoms with Crippen LogP contribution in [-0.2, 0) is 17.6 Å². The van der Waals surface area contributed by atoms with Crippen LogP contribution in [0.3, 0.4) is 0 Å². The molecule has 7 N–H and O–H groups in total. The van der Waals surface area contributed by atoms with E-state index in [2.05, 4.69) is 0 Å². The Morgan fingerprint density at radius 3 is 1.91 bits per heavy atom. The molecule has 0 aromatic heterocycles. The minimum Gasteiger partial charge on any atom is -0.508 e. The molecule has 0 heterocycles. The molecule has 3 aromatic rings. The normalized spacial score (nSPS) is 17.5. The average molecular weight is 440 g/mol. The topological polar surface area (TPSA) is 168 Å².